The Morgan fingerprint density at radius 3 is 2.25 bits per heavy atom. The summed E-state index contributed by atoms with van der Waals surface area (Å²) in [5, 5.41) is 2.63. The Bertz CT molecular complexity index is 766. The number of hydrogen-bond donors (Lipinski definition) is 1. The number of amides is 1. The minimum absolute atomic E-state index is 0.149. The molecule has 0 aromatic heterocycles. The van der Waals surface area contributed by atoms with Crippen molar-refractivity contribution in [3.05, 3.63) is 65.2 Å². The third-order valence-electron chi connectivity index (χ3n) is 3.45. The van der Waals surface area contributed by atoms with Crippen LogP contribution in [0.4, 0.5) is 18.9 Å². The van der Waals surface area contributed by atoms with Gasteiger partial charge in [0.15, 0.2) is 0 Å². The first-order valence-electron chi connectivity index (χ1n) is 7.20. The van der Waals surface area contributed by atoms with Gasteiger partial charge in [-0.25, -0.2) is 4.99 Å². The predicted molar refractivity (Wildman–Crippen MR) is 83.2 cm³/mol. The molecule has 0 saturated carbocycles. The summed E-state index contributed by atoms with van der Waals surface area (Å²) in [5.74, 6) is 0.0848. The van der Waals surface area contributed by atoms with Gasteiger partial charge < -0.3 is 10.1 Å². The maximum absolute atomic E-state index is 12.5. The molecule has 0 aliphatic carbocycles. The molecule has 0 fully saturated rings. The highest BCUT2D eigenvalue weighted by Crippen LogP contribution is 2.29. The van der Waals surface area contributed by atoms with E-state index in [0.717, 1.165) is 29.8 Å². The smallest absolute Gasteiger partial charge is 0.416 e. The highest BCUT2D eigenvalue weighted by molar-refractivity contribution is 6.04. The number of hydrogen-bond acceptors (Lipinski definition) is 3. The monoisotopic (exact) mass is 334 g/mol. The zero-order valence-electron chi connectivity index (χ0n) is 12.4. The van der Waals surface area contributed by atoms with Crippen molar-refractivity contribution in [3.8, 4) is 0 Å². The van der Waals surface area contributed by atoms with Crippen molar-refractivity contribution >= 4 is 17.5 Å². The number of halogens is 3. The second kappa shape index (κ2) is 6.35. The van der Waals surface area contributed by atoms with Gasteiger partial charge in [0.25, 0.3) is 5.91 Å². The summed E-state index contributed by atoms with van der Waals surface area (Å²) in [6.45, 7) is 1.18. The third kappa shape index (κ3) is 3.56. The van der Waals surface area contributed by atoms with E-state index in [0.29, 0.717) is 24.7 Å². The van der Waals surface area contributed by atoms with Crippen LogP contribution in [0.2, 0.25) is 0 Å². The van der Waals surface area contributed by atoms with E-state index < -0.39 is 17.6 Å². The zero-order chi connectivity index (χ0) is 17.2. The van der Waals surface area contributed by atoms with Crippen molar-refractivity contribution in [2.75, 3.05) is 18.5 Å². The molecule has 0 atom stereocenters. The van der Waals surface area contributed by atoms with Gasteiger partial charge in [0.05, 0.1) is 12.1 Å². The molecule has 0 saturated heterocycles. The Kier molecular flexibility index (Phi) is 4.24. The Balaban J connectivity index is 1.68. The number of benzene rings is 2. The number of aliphatic imine (C=N–C) groups is 1. The standard InChI is InChI=1S/C17H13F3N2O2/c18-17(19,20)13-5-1-11(2-6-13)15(23)22-14-7-3-12(4-8-14)16-21-9-10-24-16/h1-8H,9-10H2,(H,22,23). The summed E-state index contributed by atoms with van der Waals surface area (Å²) in [4.78, 5) is 16.3. The average Bonchev–Trinajstić information content (AvgIpc) is 3.09. The number of anilines is 1. The van der Waals surface area contributed by atoms with E-state index in [9.17, 15) is 18.0 Å². The fourth-order valence-electron chi connectivity index (χ4n) is 2.22. The van der Waals surface area contributed by atoms with Gasteiger partial charge in [0.1, 0.15) is 6.61 Å². The van der Waals surface area contributed by atoms with Crippen LogP contribution in [-0.4, -0.2) is 25.0 Å². The molecule has 1 N–H and O–H groups in total. The molecule has 3 rings (SSSR count). The molecule has 0 spiro atoms. The fraction of sp³-hybridized carbons (Fsp3) is 0.176. The Morgan fingerprint density at radius 1 is 1.04 bits per heavy atom. The SMILES string of the molecule is O=C(Nc1ccc(C2=NCCO2)cc1)c1ccc(C(F)(F)F)cc1. The molecule has 0 radical (unpaired) electrons. The number of nitrogens with zero attached hydrogens (tertiary/aromatic N) is 1. The van der Waals surface area contributed by atoms with Crippen molar-refractivity contribution in [1.29, 1.82) is 0 Å². The topological polar surface area (TPSA) is 50.7 Å². The second-order valence-corrected chi connectivity index (χ2v) is 5.14. The number of rotatable bonds is 3. The minimum atomic E-state index is -4.42. The van der Waals surface area contributed by atoms with E-state index in [4.69, 9.17) is 4.74 Å². The van der Waals surface area contributed by atoms with Gasteiger partial charge in [0.2, 0.25) is 5.90 Å². The van der Waals surface area contributed by atoms with Crippen LogP contribution in [0.5, 0.6) is 0 Å². The normalized spacial score (nSPS) is 14.0. The van der Waals surface area contributed by atoms with Gasteiger partial charge in [-0.1, -0.05) is 0 Å². The molecule has 2 aromatic carbocycles. The van der Waals surface area contributed by atoms with Crippen LogP contribution in [0.25, 0.3) is 0 Å². The van der Waals surface area contributed by atoms with E-state index >= 15 is 0 Å². The second-order valence-electron chi connectivity index (χ2n) is 5.14. The highest BCUT2D eigenvalue weighted by Gasteiger charge is 2.30. The van der Waals surface area contributed by atoms with Crippen molar-refractivity contribution < 1.29 is 22.7 Å². The van der Waals surface area contributed by atoms with Gasteiger partial charge in [-0.05, 0) is 48.5 Å². The highest BCUT2D eigenvalue weighted by atomic mass is 19.4. The lowest BCUT2D eigenvalue weighted by Crippen LogP contribution is -2.13. The summed E-state index contributed by atoms with van der Waals surface area (Å²) >= 11 is 0. The quantitative estimate of drug-likeness (QED) is 0.930. The van der Waals surface area contributed by atoms with Crippen molar-refractivity contribution in [2.24, 2.45) is 4.99 Å². The summed E-state index contributed by atoms with van der Waals surface area (Å²) < 4.78 is 42.9. The molecule has 1 amide bonds. The maximum atomic E-state index is 12.5. The minimum Gasteiger partial charge on any atom is -0.476 e. The van der Waals surface area contributed by atoms with Gasteiger partial charge in [0, 0.05) is 16.8 Å². The Labute approximate surface area is 136 Å². The lowest BCUT2D eigenvalue weighted by molar-refractivity contribution is -0.137. The van der Waals surface area contributed by atoms with Crippen LogP contribution in [-0.2, 0) is 10.9 Å². The summed E-state index contributed by atoms with van der Waals surface area (Å²) in [7, 11) is 0. The lowest BCUT2D eigenvalue weighted by atomic mass is 10.1. The first-order valence-corrected chi connectivity index (χ1v) is 7.20. The van der Waals surface area contributed by atoms with Gasteiger partial charge in [-0.15, -0.1) is 0 Å². The average molecular weight is 334 g/mol. The van der Waals surface area contributed by atoms with E-state index in [1.54, 1.807) is 24.3 Å². The van der Waals surface area contributed by atoms with Crippen LogP contribution in [0.1, 0.15) is 21.5 Å². The van der Waals surface area contributed by atoms with Crippen LogP contribution in [0.15, 0.2) is 53.5 Å². The van der Waals surface area contributed by atoms with E-state index in [1.165, 1.54) is 0 Å². The summed E-state index contributed by atoms with van der Waals surface area (Å²) in [5.41, 5.74) is 0.693. The van der Waals surface area contributed by atoms with Crippen LogP contribution < -0.4 is 5.32 Å². The molecule has 1 heterocycles. The molecule has 0 unspecified atom stereocenters. The molecule has 1 aliphatic rings. The molecule has 0 bridgehead atoms. The lowest BCUT2D eigenvalue weighted by Gasteiger charge is -2.09. The molecule has 4 nitrogen and oxygen atoms in total. The van der Waals surface area contributed by atoms with Crippen LogP contribution in [0, 0.1) is 0 Å². The molecule has 7 heteroatoms. The molecular weight excluding hydrogens is 321 g/mol. The van der Waals surface area contributed by atoms with Crippen LogP contribution >= 0.6 is 0 Å². The van der Waals surface area contributed by atoms with E-state index in [-0.39, 0.29) is 5.56 Å². The predicted octanol–water partition coefficient (Wildman–Crippen LogP) is 3.73. The molecule has 124 valence electrons. The fourth-order valence-corrected chi connectivity index (χ4v) is 2.22. The van der Waals surface area contributed by atoms with Gasteiger partial charge in [-0.2, -0.15) is 13.2 Å². The Hall–Kier alpha value is -2.83. The van der Waals surface area contributed by atoms with Crippen molar-refractivity contribution in [1.82, 2.24) is 0 Å². The Morgan fingerprint density at radius 2 is 1.71 bits per heavy atom. The number of ether oxygens (including phenoxy) is 1. The molecular formula is C17H13F3N2O2. The molecule has 1 aliphatic heterocycles. The summed E-state index contributed by atoms with van der Waals surface area (Å²) in [6, 6.07) is 10.9. The first-order chi connectivity index (χ1) is 11.4. The third-order valence-corrected chi connectivity index (χ3v) is 3.45. The number of carbonyl (C=O) groups excluding carboxylic acids is 1. The summed E-state index contributed by atoms with van der Waals surface area (Å²) in [6.07, 6.45) is -4.42. The van der Waals surface area contributed by atoms with Crippen molar-refractivity contribution in [2.45, 2.75) is 6.18 Å². The molecule has 24 heavy (non-hydrogen) atoms. The van der Waals surface area contributed by atoms with Crippen molar-refractivity contribution in [3.63, 3.8) is 0 Å². The number of nitrogens with one attached hydrogen (secondary N) is 1. The van der Waals surface area contributed by atoms with Gasteiger partial charge in [-0.3, -0.25) is 4.79 Å². The zero-order valence-corrected chi connectivity index (χ0v) is 12.4. The van der Waals surface area contributed by atoms with E-state index in [1.807, 2.05) is 0 Å². The number of alkyl halides is 3. The van der Waals surface area contributed by atoms with Crippen LogP contribution in [0.3, 0.4) is 0 Å². The molecule has 2 aromatic rings. The van der Waals surface area contributed by atoms with E-state index in [2.05, 4.69) is 10.3 Å². The van der Waals surface area contributed by atoms with Gasteiger partial charge >= 0.3 is 6.18 Å². The largest absolute Gasteiger partial charge is 0.476 e. The maximum Gasteiger partial charge on any atom is 0.416 e. The first kappa shape index (κ1) is 16.0. The number of carbonyl (C=O) groups is 1.